The fourth-order valence-electron chi connectivity index (χ4n) is 2.14. The van der Waals surface area contributed by atoms with Crippen LogP contribution in [-0.2, 0) is 0 Å². The third kappa shape index (κ3) is 2.21. The summed E-state index contributed by atoms with van der Waals surface area (Å²) in [6.45, 7) is 4.22. The highest BCUT2D eigenvalue weighted by Crippen LogP contribution is 2.37. The van der Waals surface area contributed by atoms with Crippen LogP contribution in [0.25, 0.3) is 0 Å². The van der Waals surface area contributed by atoms with Crippen LogP contribution >= 0.6 is 11.3 Å². The van der Waals surface area contributed by atoms with E-state index < -0.39 is 0 Å². The normalized spacial score (nSPS) is 26.2. The van der Waals surface area contributed by atoms with Crippen LogP contribution < -0.4 is 0 Å². The molecular weight excluding hydrogens is 204 g/mol. The van der Waals surface area contributed by atoms with Crippen LogP contribution in [0.4, 0.5) is 0 Å². The fourth-order valence-corrected chi connectivity index (χ4v) is 3.23. The Morgan fingerprint density at radius 3 is 2.40 bits per heavy atom. The molecule has 1 aliphatic rings. The Morgan fingerprint density at radius 1 is 1.27 bits per heavy atom. The number of nitriles is 1. The van der Waals surface area contributed by atoms with Gasteiger partial charge in [-0.15, -0.1) is 11.3 Å². The van der Waals surface area contributed by atoms with E-state index >= 15 is 0 Å². The van der Waals surface area contributed by atoms with Crippen molar-refractivity contribution >= 4 is 11.3 Å². The molecule has 80 valence electrons. The van der Waals surface area contributed by atoms with E-state index in [9.17, 15) is 0 Å². The molecule has 0 aliphatic heterocycles. The summed E-state index contributed by atoms with van der Waals surface area (Å²) in [4.78, 5) is 5.96. The van der Waals surface area contributed by atoms with Crippen molar-refractivity contribution in [1.82, 2.24) is 4.98 Å². The smallest absolute Gasteiger partial charge is 0.0961 e. The molecule has 0 bridgehead atoms. The number of nitrogens with zero attached hydrogens (tertiary/aromatic N) is 2. The number of hydrogen-bond donors (Lipinski definition) is 0. The van der Waals surface area contributed by atoms with Crippen molar-refractivity contribution in [2.75, 3.05) is 0 Å². The molecule has 3 heteroatoms. The zero-order valence-electron chi connectivity index (χ0n) is 9.29. The number of rotatable bonds is 1. The van der Waals surface area contributed by atoms with Crippen LogP contribution in [0, 0.1) is 31.1 Å². The lowest BCUT2D eigenvalue weighted by Gasteiger charge is -2.22. The van der Waals surface area contributed by atoms with Gasteiger partial charge in [0.2, 0.25) is 0 Å². The molecule has 1 aromatic heterocycles. The summed E-state index contributed by atoms with van der Waals surface area (Å²) < 4.78 is 0. The molecule has 1 aromatic rings. The van der Waals surface area contributed by atoms with Gasteiger partial charge in [0.15, 0.2) is 0 Å². The molecule has 0 unspecified atom stereocenters. The lowest BCUT2D eigenvalue weighted by Crippen LogP contribution is -2.11. The first kappa shape index (κ1) is 10.6. The Balaban J connectivity index is 2.05. The quantitative estimate of drug-likeness (QED) is 0.725. The van der Waals surface area contributed by atoms with Crippen molar-refractivity contribution in [3.05, 3.63) is 15.6 Å². The minimum atomic E-state index is 0.295. The molecule has 2 rings (SSSR count). The third-order valence-electron chi connectivity index (χ3n) is 3.30. The topological polar surface area (TPSA) is 36.7 Å². The average molecular weight is 220 g/mol. The first-order valence-corrected chi connectivity index (χ1v) is 6.36. The van der Waals surface area contributed by atoms with Gasteiger partial charge in [0.05, 0.1) is 16.8 Å². The highest BCUT2D eigenvalue weighted by atomic mass is 32.1. The van der Waals surface area contributed by atoms with Gasteiger partial charge in [-0.2, -0.15) is 5.26 Å². The Bertz CT molecular complexity index is 361. The molecule has 0 radical (unpaired) electrons. The van der Waals surface area contributed by atoms with Gasteiger partial charge in [-0.3, -0.25) is 0 Å². The van der Waals surface area contributed by atoms with Crippen molar-refractivity contribution in [3.63, 3.8) is 0 Å². The molecule has 0 atom stereocenters. The van der Waals surface area contributed by atoms with Gasteiger partial charge in [-0.25, -0.2) is 4.98 Å². The maximum atomic E-state index is 8.83. The fraction of sp³-hybridized carbons (Fsp3) is 0.667. The van der Waals surface area contributed by atoms with E-state index in [-0.39, 0.29) is 0 Å². The largest absolute Gasteiger partial charge is 0.246 e. The van der Waals surface area contributed by atoms with Gasteiger partial charge in [0, 0.05) is 16.7 Å². The van der Waals surface area contributed by atoms with Crippen LogP contribution in [-0.4, -0.2) is 4.98 Å². The number of aryl methyl sites for hydroxylation is 2. The Kier molecular flexibility index (Phi) is 3.06. The molecule has 0 aromatic carbocycles. The van der Waals surface area contributed by atoms with E-state index in [1.165, 1.54) is 15.6 Å². The van der Waals surface area contributed by atoms with Crippen LogP contribution in [0.1, 0.15) is 47.2 Å². The van der Waals surface area contributed by atoms with Gasteiger partial charge in [-0.1, -0.05) is 0 Å². The maximum Gasteiger partial charge on any atom is 0.0961 e. The summed E-state index contributed by atoms with van der Waals surface area (Å²) in [5, 5.41) is 10.1. The predicted molar refractivity (Wildman–Crippen MR) is 61.9 cm³/mol. The van der Waals surface area contributed by atoms with E-state index in [4.69, 9.17) is 5.26 Å². The molecule has 0 N–H and O–H groups in total. The summed E-state index contributed by atoms with van der Waals surface area (Å²) >= 11 is 1.84. The van der Waals surface area contributed by atoms with Gasteiger partial charge >= 0.3 is 0 Å². The average Bonchev–Trinajstić information content (AvgIpc) is 2.59. The number of hydrogen-bond acceptors (Lipinski definition) is 3. The van der Waals surface area contributed by atoms with Crippen molar-refractivity contribution < 1.29 is 0 Å². The van der Waals surface area contributed by atoms with E-state index in [1.807, 2.05) is 11.3 Å². The van der Waals surface area contributed by atoms with Crippen molar-refractivity contribution in [3.8, 4) is 6.07 Å². The van der Waals surface area contributed by atoms with Crippen molar-refractivity contribution in [2.45, 2.75) is 45.4 Å². The lowest BCUT2D eigenvalue weighted by molar-refractivity contribution is 0.381. The molecule has 1 heterocycles. The molecule has 1 saturated carbocycles. The van der Waals surface area contributed by atoms with Gasteiger partial charge in [0.25, 0.3) is 0 Å². The van der Waals surface area contributed by atoms with E-state index in [0.29, 0.717) is 11.8 Å². The summed E-state index contributed by atoms with van der Waals surface area (Å²) in [5.41, 5.74) is 1.18. The highest BCUT2D eigenvalue weighted by Gasteiger charge is 2.24. The number of thiazole rings is 1. The van der Waals surface area contributed by atoms with Crippen molar-refractivity contribution in [1.29, 1.82) is 5.26 Å². The van der Waals surface area contributed by atoms with Crippen LogP contribution in [0.3, 0.4) is 0 Å². The standard InChI is InChI=1S/C12H16N2S/c1-8-9(2)15-12(14-8)11-5-3-10(7-13)4-6-11/h10-11H,3-6H2,1-2H3. The van der Waals surface area contributed by atoms with Crippen LogP contribution in [0.5, 0.6) is 0 Å². The molecule has 0 spiro atoms. The van der Waals surface area contributed by atoms with Crippen molar-refractivity contribution in [2.24, 2.45) is 5.92 Å². The van der Waals surface area contributed by atoms with Gasteiger partial charge in [-0.05, 0) is 39.5 Å². The number of aromatic nitrogens is 1. The third-order valence-corrected chi connectivity index (χ3v) is 4.54. The second kappa shape index (κ2) is 4.32. The summed E-state index contributed by atoms with van der Waals surface area (Å²) in [5.74, 6) is 0.912. The molecular formula is C12H16N2S. The van der Waals surface area contributed by atoms with Crippen LogP contribution in [0.15, 0.2) is 0 Å². The zero-order valence-corrected chi connectivity index (χ0v) is 10.1. The van der Waals surface area contributed by atoms with E-state index in [0.717, 1.165) is 25.7 Å². The molecule has 2 nitrogen and oxygen atoms in total. The van der Waals surface area contributed by atoms with E-state index in [2.05, 4.69) is 24.9 Å². The highest BCUT2D eigenvalue weighted by molar-refractivity contribution is 7.11. The zero-order chi connectivity index (χ0) is 10.8. The second-order valence-corrected chi connectivity index (χ2v) is 5.61. The van der Waals surface area contributed by atoms with Gasteiger partial charge in [0.1, 0.15) is 0 Å². The maximum absolute atomic E-state index is 8.83. The summed E-state index contributed by atoms with van der Waals surface area (Å²) in [7, 11) is 0. The predicted octanol–water partition coefficient (Wildman–Crippen LogP) is 3.56. The Morgan fingerprint density at radius 2 is 1.93 bits per heavy atom. The molecule has 1 fully saturated rings. The lowest BCUT2D eigenvalue weighted by atomic mass is 9.83. The molecule has 15 heavy (non-hydrogen) atoms. The summed E-state index contributed by atoms with van der Waals surface area (Å²) in [6.07, 6.45) is 4.40. The minimum absolute atomic E-state index is 0.295. The van der Waals surface area contributed by atoms with Gasteiger partial charge < -0.3 is 0 Å². The molecule has 1 aliphatic carbocycles. The monoisotopic (exact) mass is 220 g/mol. The molecule has 0 saturated heterocycles. The SMILES string of the molecule is Cc1nc(C2CCC(C#N)CC2)sc1C. The first-order valence-electron chi connectivity index (χ1n) is 5.54. The van der Waals surface area contributed by atoms with E-state index in [1.54, 1.807) is 0 Å². The molecule has 0 amide bonds. The summed E-state index contributed by atoms with van der Waals surface area (Å²) in [6, 6.07) is 2.38. The first-order chi connectivity index (χ1) is 7.20. The Hall–Kier alpha value is -0.880. The van der Waals surface area contributed by atoms with Crippen LogP contribution in [0.2, 0.25) is 0 Å². The minimum Gasteiger partial charge on any atom is -0.246 e. The second-order valence-electron chi connectivity index (χ2n) is 4.37. The Labute approximate surface area is 95.0 Å².